The van der Waals surface area contributed by atoms with Gasteiger partial charge in [0.15, 0.2) is 0 Å². The summed E-state index contributed by atoms with van der Waals surface area (Å²) in [5, 5.41) is 0. The second kappa shape index (κ2) is 7.24. The number of allylic oxidation sites excluding steroid dienone is 1. The molecule has 1 heteroatoms. The zero-order valence-corrected chi connectivity index (χ0v) is 10.6. The molecule has 1 nitrogen and oxygen atoms in total. The molecule has 0 heterocycles. The van der Waals surface area contributed by atoms with Crippen molar-refractivity contribution in [3.05, 3.63) is 41.5 Å². The number of rotatable bonds is 6. The molecule has 0 aliphatic carbocycles. The number of benzene rings is 1. The van der Waals surface area contributed by atoms with Crippen molar-refractivity contribution in [3.63, 3.8) is 0 Å². The van der Waals surface area contributed by atoms with Gasteiger partial charge >= 0.3 is 0 Å². The molecule has 0 fully saturated rings. The fraction of sp³-hybridized carbons (Fsp3) is 0.467. The lowest BCUT2D eigenvalue weighted by atomic mass is 10.1. The average Bonchev–Trinajstić information content (AvgIpc) is 2.27. The van der Waals surface area contributed by atoms with Crippen molar-refractivity contribution < 1.29 is 4.74 Å². The maximum absolute atomic E-state index is 5.56. The third-order valence-electron chi connectivity index (χ3n) is 2.33. The molecule has 0 saturated carbocycles. The summed E-state index contributed by atoms with van der Waals surface area (Å²) >= 11 is 0. The molecule has 0 aromatic heterocycles. The van der Waals surface area contributed by atoms with Crippen molar-refractivity contribution in [2.75, 3.05) is 13.2 Å². The average molecular weight is 218 g/mol. The Kier molecular flexibility index (Phi) is 5.87. The Hall–Kier alpha value is -1.08. The van der Waals surface area contributed by atoms with Crippen LogP contribution in [0.3, 0.4) is 0 Å². The first-order valence-corrected chi connectivity index (χ1v) is 6.01. The highest BCUT2D eigenvalue weighted by Gasteiger charge is 1.96. The van der Waals surface area contributed by atoms with E-state index >= 15 is 0 Å². The second-order valence-corrected chi connectivity index (χ2v) is 4.46. The van der Waals surface area contributed by atoms with Gasteiger partial charge in [-0.15, -0.1) is 0 Å². The standard InChI is InChI=1S/C15H22O/c1-4-5-14-6-8-15(9-7-14)10-11-16-12-13(2)3/h4-9,13H,10-12H2,1-3H3. The van der Waals surface area contributed by atoms with Gasteiger partial charge in [0, 0.05) is 6.61 Å². The van der Waals surface area contributed by atoms with Gasteiger partial charge in [0.05, 0.1) is 6.61 Å². The van der Waals surface area contributed by atoms with E-state index in [4.69, 9.17) is 4.74 Å². The molecular weight excluding hydrogens is 196 g/mol. The topological polar surface area (TPSA) is 9.23 Å². The van der Waals surface area contributed by atoms with Gasteiger partial charge in [-0.1, -0.05) is 50.3 Å². The van der Waals surface area contributed by atoms with Gasteiger partial charge in [-0.25, -0.2) is 0 Å². The summed E-state index contributed by atoms with van der Waals surface area (Å²) in [6.45, 7) is 8.06. The third kappa shape index (κ3) is 5.13. The van der Waals surface area contributed by atoms with Crippen molar-refractivity contribution in [2.45, 2.75) is 27.2 Å². The Morgan fingerprint density at radius 1 is 1.19 bits per heavy atom. The first-order valence-electron chi connectivity index (χ1n) is 6.01. The molecule has 0 bridgehead atoms. The Bertz CT molecular complexity index is 309. The molecule has 16 heavy (non-hydrogen) atoms. The van der Waals surface area contributed by atoms with E-state index in [1.165, 1.54) is 11.1 Å². The van der Waals surface area contributed by atoms with Crippen LogP contribution in [0.15, 0.2) is 30.3 Å². The van der Waals surface area contributed by atoms with E-state index in [9.17, 15) is 0 Å². The van der Waals surface area contributed by atoms with Gasteiger partial charge in [-0.05, 0) is 30.4 Å². The molecule has 1 aromatic rings. The molecule has 0 unspecified atom stereocenters. The van der Waals surface area contributed by atoms with Crippen molar-refractivity contribution in [2.24, 2.45) is 5.92 Å². The van der Waals surface area contributed by atoms with E-state index < -0.39 is 0 Å². The minimum Gasteiger partial charge on any atom is -0.381 e. The number of ether oxygens (including phenoxy) is 1. The van der Waals surface area contributed by atoms with Gasteiger partial charge in [0.1, 0.15) is 0 Å². The summed E-state index contributed by atoms with van der Waals surface area (Å²) < 4.78 is 5.56. The van der Waals surface area contributed by atoms with Gasteiger partial charge in [-0.2, -0.15) is 0 Å². The van der Waals surface area contributed by atoms with Crippen LogP contribution in [0.4, 0.5) is 0 Å². The summed E-state index contributed by atoms with van der Waals surface area (Å²) in [6.07, 6.45) is 5.17. The Labute approximate surface area is 99.1 Å². The summed E-state index contributed by atoms with van der Waals surface area (Å²) in [5.41, 5.74) is 2.60. The highest BCUT2D eigenvalue weighted by atomic mass is 16.5. The predicted octanol–water partition coefficient (Wildman–Crippen LogP) is 3.93. The van der Waals surface area contributed by atoms with E-state index in [2.05, 4.69) is 50.3 Å². The quantitative estimate of drug-likeness (QED) is 0.657. The minimum atomic E-state index is 0.622. The SMILES string of the molecule is CC=Cc1ccc(CCOCC(C)C)cc1. The van der Waals surface area contributed by atoms with E-state index in [1.807, 2.05) is 6.92 Å². The number of hydrogen-bond acceptors (Lipinski definition) is 1. The summed E-state index contributed by atoms with van der Waals surface area (Å²) in [4.78, 5) is 0. The summed E-state index contributed by atoms with van der Waals surface area (Å²) in [6, 6.07) is 8.65. The fourth-order valence-electron chi connectivity index (χ4n) is 1.50. The first kappa shape index (κ1) is 13.0. The van der Waals surface area contributed by atoms with Crippen molar-refractivity contribution in [1.29, 1.82) is 0 Å². The zero-order valence-electron chi connectivity index (χ0n) is 10.6. The van der Waals surface area contributed by atoms with E-state index in [1.54, 1.807) is 0 Å². The van der Waals surface area contributed by atoms with Crippen LogP contribution in [-0.4, -0.2) is 13.2 Å². The lowest BCUT2D eigenvalue weighted by molar-refractivity contribution is 0.112. The maximum atomic E-state index is 5.56. The molecule has 0 atom stereocenters. The van der Waals surface area contributed by atoms with Crippen LogP contribution in [0.5, 0.6) is 0 Å². The lowest BCUT2D eigenvalue weighted by Crippen LogP contribution is -2.05. The van der Waals surface area contributed by atoms with Crippen molar-refractivity contribution in [3.8, 4) is 0 Å². The highest BCUT2D eigenvalue weighted by molar-refractivity contribution is 5.49. The molecule has 1 rings (SSSR count). The molecule has 88 valence electrons. The molecule has 0 aliphatic rings. The van der Waals surface area contributed by atoms with Crippen LogP contribution in [0.1, 0.15) is 31.9 Å². The molecule has 0 saturated heterocycles. The fourth-order valence-corrected chi connectivity index (χ4v) is 1.50. The Morgan fingerprint density at radius 3 is 2.44 bits per heavy atom. The van der Waals surface area contributed by atoms with Crippen LogP contribution < -0.4 is 0 Å². The van der Waals surface area contributed by atoms with Gasteiger partial charge < -0.3 is 4.74 Å². The predicted molar refractivity (Wildman–Crippen MR) is 70.5 cm³/mol. The number of hydrogen-bond donors (Lipinski definition) is 0. The van der Waals surface area contributed by atoms with E-state index in [0.717, 1.165) is 19.6 Å². The maximum Gasteiger partial charge on any atom is 0.0506 e. The van der Waals surface area contributed by atoms with Gasteiger partial charge in [0.2, 0.25) is 0 Å². The normalized spacial score (nSPS) is 11.5. The van der Waals surface area contributed by atoms with E-state index in [0.29, 0.717) is 5.92 Å². The van der Waals surface area contributed by atoms with Gasteiger partial charge in [-0.3, -0.25) is 0 Å². The molecule has 0 aliphatic heterocycles. The zero-order chi connectivity index (χ0) is 11.8. The molecule has 0 amide bonds. The first-order chi connectivity index (χ1) is 7.72. The second-order valence-electron chi connectivity index (χ2n) is 4.46. The molecule has 0 spiro atoms. The van der Waals surface area contributed by atoms with Crippen LogP contribution in [0.25, 0.3) is 6.08 Å². The Morgan fingerprint density at radius 2 is 1.88 bits per heavy atom. The summed E-state index contributed by atoms with van der Waals surface area (Å²) in [5.74, 6) is 0.622. The van der Waals surface area contributed by atoms with Crippen LogP contribution >= 0.6 is 0 Å². The molecule has 0 N–H and O–H groups in total. The summed E-state index contributed by atoms with van der Waals surface area (Å²) in [7, 11) is 0. The largest absolute Gasteiger partial charge is 0.381 e. The minimum absolute atomic E-state index is 0.622. The van der Waals surface area contributed by atoms with Crippen molar-refractivity contribution in [1.82, 2.24) is 0 Å². The van der Waals surface area contributed by atoms with Crippen molar-refractivity contribution >= 4 is 6.08 Å². The van der Waals surface area contributed by atoms with E-state index in [-0.39, 0.29) is 0 Å². The van der Waals surface area contributed by atoms with Crippen LogP contribution in [-0.2, 0) is 11.2 Å². The Balaban J connectivity index is 2.32. The molecule has 1 aromatic carbocycles. The molecule has 0 radical (unpaired) electrons. The monoisotopic (exact) mass is 218 g/mol. The van der Waals surface area contributed by atoms with Gasteiger partial charge in [0.25, 0.3) is 0 Å². The highest BCUT2D eigenvalue weighted by Crippen LogP contribution is 2.07. The smallest absolute Gasteiger partial charge is 0.0506 e. The van der Waals surface area contributed by atoms with Crippen LogP contribution in [0.2, 0.25) is 0 Å². The van der Waals surface area contributed by atoms with Crippen LogP contribution in [0, 0.1) is 5.92 Å². The third-order valence-corrected chi connectivity index (χ3v) is 2.33. The lowest BCUT2D eigenvalue weighted by Gasteiger charge is -2.06. The molecular formula is C15H22O.